The summed E-state index contributed by atoms with van der Waals surface area (Å²) in [6.45, 7) is 4.26. The predicted molar refractivity (Wildman–Crippen MR) is 81.9 cm³/mol. The molecule has 2 fully saturated rings. The van der Waals surface area contributed by atoms with Crippen LogP contribution in [0.3, 0.4) is 0 Å². The molecule has 128 valence electrons. The molecular formula is C17H21F3O2Se. The molecule has 6 heteroatoms. The fourth-order valence-corrected chi connectivity index (χ4v) is 8.23. The number of aliphatic hydroxyl groups excluding tert-OH is 1. The minimum absolute atomic E-state index is 0.0650. The zero-order valence-electron chi connectivity index (χ0n) is 13.2. The maximum atomic E-state index is 12.8. The third kappa shape index (κ3) is 2.59. The van der Waals surface area contributed by atoms with Crippen LogP contribution in [0, 0.1) is 16.7 Å². The van der Waals surface area contributed by atoms with E-state index in [9.17, 15) is 22.1 Å². The summed E-state index contributed by atoms with van der Waals surface area (Å²) < 4.78 is 51.1. The van der Waals surface area contributed by atoms with Gasteiger partial charge < -0.3 is 0 Å². The SMILES string of the molecule is CC1(C)C2CCC1(C[Se](=O)c1ccc(C(F)(F)F)cc1)C(O)C2. The van der Waals surface area contributed by atoms with Gasteiger partial charge in [0.25, 0.3) is 0 Å². The van der Waals surface area contributed by atoms with Crippen molar-refractivity contribution in [3.8, 4) is 0 Å². The first-order valence-corrected chi connectivity index (χ1v) is 10.6. The monoisotopic (exact) mass is 394 g/mol. The van der Waals surface area contributed by atoms with Crippen LogP contribution in [-0.2, 0) is 10.0 Å². The molecule has 1 N–H and O–H groups in total. The standard InChI is InChI=1S/C17H21F3O2Se/c1-15(2)12-7-8-16(15,14(21)9-12)10-23(22)13-5-3-11(4-6-13)17(18,19)20/h3-6,12,14,21H,7-10H2,1-2H3. The molecule has 2 aliphatic carbocycles. The van der Waals surface area contributed by atoms with Crippen molar-refractivity contribution in [3.63, 3.8) is 0 Å². The van der Waals surface area contributed by atoms with Crippen molar-refractivity contribution in [1.29, 1.82) is 0 Å². The molecule has 0 radical (unpaired) electrons. The van der Waals surface area contributed by atoms with E-state index in [0.29, 0.717) is 15.7 Å². The summed E-state index contributed by atoms with van der Waals surface area (Å²) in [5, 5.41) is 10.9. The molecule has 2 bridgehead atoms. The fourth-order valence-electron chi connectivity index (χ4n) is 4.49. The van der Waals surface area contributed by atoms with Gasteiger partial charge in [-0.3, -0.25) is 0 Å². The van der Waals surface area contributed by atoms with Crippen LogP contribution in [0.15, 0.2) is 24.3 Å². The molecule has 2 nitrogen and oxygen atoms in total. The summed E-state index contributed by atoms with van der Waals surface area (Å²) in [5.41, 5.74) is -1.14. The minimum atomic E-state index is -4.38. The molecule has 2 saturated carbocycles. The Bertz CT molecular complexity index is 624. The summed E-state index contributed by atoms with van der Waals surface area (Å²) in [5.74, 6) is 0.448. The van der Waals surface area contributed by atoms with Crippen LogP contribution in [-0.4, -0.2) is 25.0 Å². The van der Waals surface area contributed by atoms with E-state index in [2.05, 4.69) is 13.8 Å². The van der Waals surface area contributed by atoms with Crippen molar-refractivity contribution in [3.05, 3.63) is 29.8 Å². The average molecular weight is 393 g/mol. The third-order valence-electron chi connectivity index (χ3n) is 6.22. The zero-order chi connectivity index (χ0) is 17.0. The molecule has 0 amide bonds. The van der Waals surface area contributed by atoms with Crippen LogP contribution in [0.4, 0.5) is 13.2 Å². The maximum absolute atomic E-state index is 12.8. The van der Waals surface area contributed by atoms with Gasteiger partial charge in [0.1, 0.15) is 0 Å². The summed E-state index contributed by atoms with van der Waals surface area (Å²) in [7, 11) is 0. The van der Waals surface area contributed by atoms with Crippen LogP contribution in [0.1, 0.15) is 38.7 Å². The molecule has 23 heavy (non-hydrogen) atoms. The van der Waals surface area contributed by atoms with Crippen LogP contribution >= 0.6 is 0 Å². The summed E-state index contributed by atoms with van der Waals surface area (Å²) in [6.07, 6.45) is -2.19. The van der Waals surface area contributed by atoms with Crippen molar-refractivity contribution in [2.24, 2.45) is 16.7 Å². The molecule has 1 aromatic carbocycles. The first-order chi connectivity index (χ1) is 10.6. The van der Waals surface area contributed by atoms with Crippen molar-refractivity contribution < 1.29 is 22.1 Å². The molecule has 0 spiro atoms. The van der Waals surface area contributed by atoms with E-state index >= 15 is 0 Å². The van der Waals surface area contributed by atoms with Gasteiger partial charge in [-0.05, 0) is 0 Å². The normalized spacial score (nSPS) is 33.8. The van der Waals surface area contributed by atoms with E-state index in [1.807, 2.05) is 0 Å². The van der Waals surface area contributed by atoms with Crippen LogP contribution in [0.2, 0.25) is 5.32 Å². The number of fused-ring (bicyclic) bond motifs is 2. The first kappa shape index (κ1) is 17.1. The number of hydrogen-bond acceptors (Lipinski definition) is 2. The number of halogens is 3. The van der Waals surface area contributed by atoms with E-state index in [0.717, 1.165) is 31.4 Å². The second kappa shape index (κ2) is 5.40. The van der Waals surface area contributed by atoms with Crippen molar-refractivity contribution in [2.45, 2.75) is 50.7 Å². The van der Waals surface area contributed by atoms with E-state index < -0.39 is 31.7 Å². The number of hydrogen-bond donors (Lipinski definition) is 1. The second-order valence-corrected chi connectivity index (χ2v) is 10.4. The predicted octanol–water partition coefficient (Wildman–Crippen LogP) is 3.52. The van der Waals surface area contributed by atoms with Gasteiger partial charge in [-0.15, -0.1) is 0 Å². The molecule has 3 rings (SSSR count). The van der Waals surface area contributed by atoms with Crippen LogP contribution < -0.4 is 4.46 Å². The molecule has 4 atom stereocenters. The zero-order valence-corrected chi connectivity index (χ0v) is 14.9. The van der Waals surface area contributed by atoms with Gasteiger partial charge in [0, 0.05) is 0 Å². The van der Waals surface area contributed by atoms with Crippen LogP contribution in [0.5, 0.6) is 0 Å². The molecule has 4 unspecified atom stereocenters. The Morgan fingerprint density at radius 3 is 2.30 bits per heavy atom. The molecule has 0 aliphatic heterocycles. The van der Waals surface area contributed by atoms with E-state index in [4.69, 9.17) is 0 Å². The van der Waals surface area contributed by atoms with E-state index in [1.165, 1.54) is 12.1 Å². The molecule has 0 aromatic heterocycles. The Labute approximate surface area is 138 Å². The quantitative estimate of drug-likeness (QED) is 0.798. The van der Waals surface area contributed by atoms with Crippen molar-refractivity contribution >= 4 is 18.3 Å². The summed E-state index contributed by atoms with van der Waals surface area (Å²) >= 11 is -2.49. The molecule has 0 heterocycles. The van der Waals surface area contributed by atoms with Gasteiger partial charge >= 0.3 is 138 Å². The number of benzene rings is 1. The Balaban J connectivity index is 1.82. The fraction of sp³-hybridized carbons (Fsp3) is 0.647. The molecular weight excluding hydrogens is 372 g/mol. The van der Waals surface area contributed by atoms with E-state index in [1.54, 1.807) is 0 Å². The van der Waals surface area contributed by atoms with E-state index in [-0.39, 0.29) is 10.8 Å². The molecule has 2 aliphatic rings. The van der Waals surface area contributed by atoms with Crippen molar-refractivity contribution in [2.75, 3.05) is 0 Å². The van der Waals surface area contributed by atoms with Gasteiger partial charge in [-0.2, -0.15) is 0 Å². The van der Waals surface area contributed by atoms with Gasteiger partial charge in [-0.1, -0.05) is 0 Å². The van der Waals surface area contributed by atoms with Crippen LogP contribution in [0.25, 0.3) is 0 Å². The third-order valence-corrected chi connectivity index (χ3v) is 9.53. The summed E-state index contributed by atoms with van der Waals surface area (Å²) in [4.78, 5) is 0. The van der Waals surface area contributed by atoms with Gasteiger partial charge in [-0.25, -0.2) is 0 Å². The Morgan fingerprint density at radius 2 is 1.87 bits per heavy atom. The molecule has 1 aromatic rings. The van der Waals surface area contributed by atoms with Gasteiger partial charge in [0.15, 0.2) is 0 Å². The Morgan fingerprint density at radius 1 is 1.26 bits per heavy atom. The van der Waals surface area contributed by atoms with Gasteiger partial charge in [0.05, 0.1) is 0 Å². The average Bonchev–Trinajstić information content (AvgIpc) is 2.80. The second-order valence-electron chi connectivity index (χ2n) is 7.38. The Kier molecular flexibility index (Phi) is 4.02. The van der Waals surface area contributed by atoms with Gasteiger partial charge in [0.2, 0.25) is 0 Å². The topological polar surface area (TPSA) is 37.3 Å². The Hall–Kier alpha value is -0.711. The number of alkyl halides is 3. The van der Waals surface area contributed by atoms with Crippen molar-refractivity contribution in [1.82, 2.24) is 0 Å². The number of aliphatic hydroxyl groups is 1. The first-order valence-electron chi connectivity index (χ1n) is 7.82. The summed E-state index contributed by atoms with van der Waals surface area (Å²) in [6, 6.07) is 4.65. The molecule has 0 saturated heterocycles. The number of rotatable bonds is 3.